The largest absolute Gasteiger partial charge is 0.348 e. The molecule has 0 radical (unpaired) electrons. The Morgan fingerprint density at radius 2 is 1.94 bits per heavy atom. The van der Waals surface area contributed by atoms with E-state index in [9.17, 15) is 8.42 Å². The second-order valence-electron chi connectivity index (χ2n) is 6.43. The van der Waals surface area contributed by atoms with E-state index in [1.165, 1.54) is 0 Å². The first kappa shape index (κ1) is 15.9. The smallest absolute Gasteiger partial charge is 0.211 e. The normalized spacial score (nSPS) is 24.4. The molecule has 5 nitrogen and oxygen atoms in total. The summed E-state index contributed by atoms with van der Waals surface area (Å²) < 4.78 is 37.1. The van der Waals surface area contributed by atoms with E-state index >= 15 is 0 Å². The van der Waals surface area contributed by atoms with Crippen molar-refractivity contribution < 1.29 is 17.9 Å². The van der Waals surface area contributed by atoms with Crippen LogP contribution in [0.1, 0.15) is 41.0 Å². The summed E-state index contributed by atoms with van der Waals surface area (Å²) >= 11 is 0. The fraction of sp³-hybridized carbons (Fsp3) is 1.00. The van der Waals surface area contributed by atoms with Crippen molar-refractivity contribution in [3.63, 3.8) is 0 Å². The van der Waals surface area contributed by atoms with Crippen molar-refractivity contribution in [1.82, 2.24) is 4.72 Å². The van der Waals surface area contributed by atoms with Crippen molar-refractivity contribution in [1.29, 1.82) is 0 Å². The van der Waals surface area contributed by atoms with Crippen molar-refractivity contribution >= 4 is 10.0 Å². The number of hydrogen-bond acceptors (Lipinski definition) is 4. The van der Waals surface area contributed by atoms with Crippen LogP contribution in [0.4, 0.5) is 0 Å². The summed E-state index contributed by atoms with van der Waals surface area (Å²) in [5, 5.41) is 0. The molecule has 18 heavy (non-hydrogen) atoms. The Kier molecular flexibility index (Phi) is 4.81. The van der Waals surface area contributed by atoms with E-state index in [0.29, 0.717) is 13.0 Å². The molecule has 1 saturated heterocycles. The second-order valence-corrected chi connectivity index (χ2v) is 8.36. The Balaban J connectivity index is 2.34. The maximum Gasteiger partial charge on any atom is 0.211 e. The Morgan fingerprint density at radius 3 is 2.39 bits per heavy atom. The van der Waals surface area contributed by atoms with Crippen LogP contribution in [0.5, 0.6) is 0 Å². The maximum absolute atomic E-state index is 11.8. The summed E-state index contributed by atoms with van der Waals surface area (Å²) in [6.07, 6.45) is 0.431. The van der Waals surface area contributed by atoms with Gasteiger partial charge in [-0.3, -0.25) is 0 Å². The quantitative estimate of drug-likeness (QED) is 0.828. The molecule has 0 aromatic rings. The molecule has 1 fully saturated rings. The van der Waals surface area contributed by atoms with Crippen LogP contribution in [0.15, 0.2) is 0 Å². The number of hydrogen-bond donors (Lipinski definition) is 1. The van der Waals surface area contributed by atoms with Gasteiger partial charge >= 0.3 is 0 Å². The molecule has 0 spiro atoms. The number of nitrogens with one attached hydrogen (secondary N) is 1. The molecular weight excluding hydrogens is 254 g/mol. The average Bonchev–Trinajstić information content (AvgIpc) is 2.52. The van der Waals surface area contributed by atoms with Crippen LogP contribution in [-0.4, -0.2) is 39.2 Å². The fourth-order valence-corrected chi connectivity index (χ4v) is 3.06. The Bertz CT molecular complexity index is 370. The third-order valence-electron chi connectivity index (χ3n) is 2.72. The second kappa shape index (κ2) is 5.45. The first-order valence-electron chi connectivity index (χ1n) is 6.28. The van der Waals surface area contributed by atoms with Crippen LogP contribution in [0.2, 0.25) is 0 Å². The third kappa shape index (κ3) is 6.13. The van der Waals surface area contributed by atoms with E-state index in [-0.39, 0.29) is 23.8 Å². The average molecular weight is 279 g/mol. The van der Waals surface area contributed by atoms with E-state index in [4.69, 9.17) is 9.47 Å². The van der Waals surface area contributed by atoms with Gasteiger partial charge in [0.2, 0.25) is 10.0 Å². The monoisotopic (exact) mass is 279 g/mol. The highest BCUT2D eigenvalue weighted by atomic mass is 32.2. The van der Waals surface area contributed by atoms with Crippen molar-refractivity contribution in [2.75, 3.05) is 18.9 Å². The lowest BCUT2D eigenvalue weighted by Gasteiger charge is -2.19. The van der Waals surface area contributed by atoms with Gasteiger partial charge in [0.25, 0.3) is 0 Å². The molecule has 1 rings (SSSR count). The van der Waals surface area contributed by atoms with Crippen molar-refractivity contribution in [3.05, 3.63) is 0 Å². The maximum atomic E-state index is 11.8. The summed E-state index contributed by atoms with van der Waals surface area (Å²) in [7, 11) is -3.23. The van der Waals surface area contributed by atoms with Gasteiger partial charge in [0.1, 0.15) is 0 Å². The van der Waals surface area contributed by atoms with Gasteiger partial charge in [0.05, 0.1) is 18.5 Å². The summed E-state index contributed by atoms with van der Waals surface area (Å²) in [5.74, 6) is -0.463. The standard InChI is InChI=1S/C12H25NO4S/c1-11(2,3)6-7-18(14,15)13-8-10-9-16-12(4,5)17-10/h10,13H,6-9H2,1-5H3. The van der Waals surface area contributed by atoms with Gasteiger partial charge < -0.3 is 9.47 Å². The first-order chi connectivity index (χ1) is 7.99. The molecule has 108 valence electrons. The molecule has 1 atom stereocenters. The highest BCUT2D eigenvalue weighted by Gasteiger charge is 2.33. The summed E-state index contributed by atoms with van der Waals surface area (Å²) in [5.41, 5.74) is 0.0176. The Hall–Kier alpha value is -0.170. The van der Waals surface area contributed by atoms with Crippen LogP contribution in [0.3, 0.4) is 0 Å². The van der Waals surface area contributed by atoms with Gasteiger partial charge in [0.15, 0.2) is 5.79 Å². The van der Waals surface area contributed by atoms with Crippen LogP contribution in [0, 0.1) is 5.41 Å². The molecule has 1 aliphatic heterocycles. The lowest BCUT2D eigenvalue weighted by atomic mass is 9.94. The van der Waals surface area contributed by atoms with Crippen LogP contribution in [-0.2, 0) is 19.5 Å². The van der Waals surface area contributed by atoms with Crippen LogP contribution < -0.4 is 4.72 Å². The van der Waals surface area contributed by atoms with Gasteiger partial charge in [-0.15, -0.1) is 0 Å². The van der Waals surface area contributed by atoms with Gasteiger partial charge in [-0.1, -0.05) is 20.8 Å². The number of ether oxygens (including phenoxy) is 2. The van der Waals surface area contributed by atoms with E-state index in [1.54, 1.807) is 0 Å². The Labute approximate surface area is 110 Å². The molecule has 6 heteroatoms. The lowest BCUT2D eigenvalue weighted by molar-refractivity contribution is -0.137. The molecule has 0 aromatic carbocycles. The molecule has 0 aliphatic carbocycles. The number of rotatable bonds is 5. The summed E-state index contributed by atoms with van der Waals surface area (Å²) in [6.45, 7) is 10.4. The van der Waals surface area contributed by atoms with E-state index in [2.05, 4.69) is 4.72 Å². The lowest BCUT2D eigenvalue weighted by Crippen LogP contribution is -2.36. The highest BCUT2D eigenvalue weighted by molar-refractivity contribution is 7.89. The molecule has 0 amide bonds. The van der Waals surface area contributed by atoms with Gasteiger partial charge in [-0.25, -0.2) is 13.1 Å². The van der Waals surface area contributed by atoms with Crippen LogP contribution in [0.25, 0.3) is 0 Å². The predicted octanol–water partition coefficient (Wildman–Crippen LogP) is 1.49. The summed E-state index contributed by atoms with van der Waals surface area (Å²) in [4.78, 5) is 0. The zero-order valence-corrected chi connectivity index (χ0v) is 12.8. The fourth-order valence-electron chi connectivity index (χ4n) is 1.60. The van der Waals surface area contributed by atoms with Gasteiger partial charge in [0, 0.05) is 6.54 Å². The molecule has 0 saturated carbocycles. The van der Waals surface area contributed by atoms with Gasteiger partial charge in [-0.05, 0) is 25.7 Å². The molecule has 1 unspecified atom stereocenters. The van der Waals surface area contributed by atoms with Crippen molar-refractivity contribution in [2.45, 2.75) is 52.9 Å². The number of sulfonamides is 1. The molecule has 0 bridgehead atoms. The molecule has 1 aliphatic rings. The minimum Gasteiger partial charge on any atom is -0.348 e. The third-order valence-corrected chi connectivity index (χ3v) is 4.07. The Morgan fingerprint density at radius 1 is 1.33 bits per heavy atom. The predicted molar refractivity (Wildman–Crippen MR) is 70.8 cm³/mol. The van der Waals surface area contributed by atoms with E-state index in [0.717, 1.165) is 0 Å². The van der Waals surface area contributed by atoms with E-state index < -0.39 is 15.8 Å². The highest BCUT2D eigenvalue weighted by Crippen LogP contribution is 2.22. The zero-order valence-electron chi connectivity index (χ0n) is 11.9. The zero-order chi connectivity index (χ0) is 14.0. The molecule has 1 N–H and O–H groups in total. The minimum atomic E-state index is -3.23. The van der Waals surface area contributed by atoms with Crippen molar-refractivity contribution in [2.24, 2.45) is 5.41 Å². The topological polar surface area (TPSA) is 64.6 Å². The molecule has 1 heterocycles. The van der Waals surface area contributed by atoms with E-state index in [1.807, 2.05) is 34.6 Å². The van der Waals surface area contributed by atoms with Gasteiger partial charge in [-0.2, -0.15) is 0 Å². The molecular formula is C12H25NO4S. The SMILES string of the molecule is CC(C)(C)CCS(=O)(=O)NCC1COC(C)(C)O1. The summed E-state index contributed by atoms with van der Waals surface area (Å²) in [6, 6.07) is 0. The van der Waals surface area contributed by atoms with Crippen molar-refractivity contribution in [3.8, 4) is 0 Å². The first-order valence-corrected chi connectivity index (χ1v) is 7.93. The van der Waals surface area contributed by atoms with Crippen LogP contribution >= 0.6 is 0 Å². The molecule has 0 aromatic heterocycles. The minimum absolute atomic E-state index is 0.0176.